The zero-order valence-corrected chi connectivity index (χ0v) is 11.9. The largest absolute Gasteiger partial charge is 0.317 e. The van der Waals surface area contributed by atoms with Crippen LogP contribution in [0.2, 0.25) is 5.02 Å². The maximum Gasteiger partial charge on any atom is 0.0746 e. The minimum Gasteiger partial charge on any atom is -0.317 e. The SMILES string of the molecule is CC(N)(c1cccc(Br)c1)c1sccc1Cl. The fourth-order valence-corrected chi connectivity index (χ4v) is 3.36. The molecule has 0 spiro atoms. The molecule has 0 radical (unpaired) electrons. The van der Waals surface area contributed by atoms with Crippen LogP contribution in [0.1, 0.15) is 17.4 Å². The molecular formula is C12H11BrClNS. The number of nitrogens with two attached hydrogens (primary N) is 1. The molecule has 84 valence electrons. The average Bonchev–Trinajstić information content (AvgIpc) is 2.65. The monoisotopic (exact) mass is 315 g/mol. The van der Waals surface area contributed by atoms with Gasteiger partial charge in [-0.3, -0.25) is 0 Å². The Morgan fingerprint density at radius 1 is 1.38 bits per heavy atom. The van der Waals surface area contributed by atoms with Gasteiger partial charge in [-0.15, -0.1) is 11.3 Å². The van der Waals surface area contributed by atoms with Gasteiger partial charge in [-0.25, -0.2) is 0 Å². The van der Waals surface area contributed by atoms with Gasteiger partial charge in [0.1, 0.15) is 0 Å². The van der Waals surface area contributed by atoms with E-state index in [0.717, 1.165) is 19.9 Å². The van der Waals surface area contributed by atoms with Gasteiger partial charge in [0, 0.05) is 9.35 Å². The third kappa shape index (κ3) is 2.18. The topological polar surface area (TPSA) is 26.0 Å². The molecular weight excluding hydrogens is 306 g/mol. The van der Waals surface area contributed by atoms with Crippen LogP contribution in [0.4, 0.5) is 0 Å². The quantitative estimate of drug-likeness (QED) is 0.874. The van der Waals surface area contributed by atoms with E-state index in [1.54, 1.807) is 11.3 Å². The van der Waals surface area contributed by atoms with Crippen LogP contribution in [0.3, 0.4) is 0 Å². The van der Waals surface area contributed by atoms with Crippen LogP contribution in [-0.2, 0) is 5.54 Å². The maximum absolute atomic E-state index is 6.38. The van der Waals surface area contributed by atoms with Gasteiger partial charge in [0.15, 0.2) is 0 Å². The molecule has 1 heterocycles. The summed E-state index contributed by atoms with van der Waals surface area (Å²) >= 11 is 11.2. The summed E-state index contributed by atoms with van der Waals surface area (Å²) < 4.78 is 1.02. The summed E-state index contributed by atoms with van der Waals surface area (Å²) in [6.07, 6.45) is 0. The molecule has 0 aliphatic heterocycles. The summed E-state index contributed by atoms with van der Waals surface area (Å²) in [5.41, 5.74) is 6.88. The lowest BCUT2D eigenvalue weighted by atomic mass is 9.92. The second-order valence-electron chi connectivity index (χ2n) is 3.81. The van der Waals surface area contributed by atoms with E-state index < -0.39 is 5.54 Å². The van der Waals surface area contributed by atoms with Crippen LogP contribution < -0.4 is 5.73 Å². The molecule has 0 amide bonds. The molecule has 4 heteroatoms. The predicted molar refractivity (Wildman–Crippen MR) is 74.1 cm³/mol. The first-order valence-corrected chi connectivity index (χ1v) is 6.85. The summed E-state index contributed by atoms with van der Waals surface area (Å²) in [6.45, 7) is 1.98. The van der Waals surface area contributed by atoms with E-state index in [2.05, 4.69) is 15.9 Å². The summed E-state index contributed by atoms with van der Waals surface area (Å²) in [5, 5.41) is 2.69. The Morgan fingerprint density at radius 2 is 2.12 bits per heavy atom. The molecule has 0 bridgehead atoms. The molecule has 2 rings (SSSR count). The van der Waals surface area contributed by atoms with E-state index in [-0.39, 0.29) is 0 Å². The van der Waals surface area contributed by atoms with Gasteiger partial charge >= 0.3 is 0 Å². The molecule has 2 aromatic rings. The Balaban J connectivity index is 2.51. The predicted octanol–water partition coefficient (Wildman–Crippen LogP) is 4.39. The first-order valence-electron chi connectivity index (χ1n) is 4.80. The molecule has 0 aliphatic carbocycles. The molecule has 1 nitrogen and oxygen atoms in total. The smallest absolute Gasteiger partial charge is 0.0746 e. The van der Waals surface area contributed by atoms with E-state index in [4.69, 9.17) is 17.3 Å². The van der Waals surface area contributed by atoms with E-state index in [1.165, 1.54) is 0 Å². The summed E-state index contributed by atoms with van der Waals surface area (Å²) in [7, 11) is 0. The van der Waals surface area contributed by atoms with Crippen LogP contribution in [0.15, 0.2) is 40.2 Å². The highest BCUT2D eigenvalue weighted by atomic mass is 79.9. The van der Waals surface area contributed by atoms with Gasteiger partial charge < -0.3 is 5.73 Å². The lowest BCUT2D eigenvalue weighted by Gasteiger charge is -2.24. The molecule has 1 atom stereocenters. The van der Waals surface area contributed by atoms with Crippen LogP contribution in [-0.4, -0.2) is 0 Å². The van der Waals surface area contributed by atoms with Gasteiger partial charge in [-0.1, -0.05) is 39.7 Å². The first-order chi connectivity index (χ1) is 7.51. The Morgan fingerprint density at radius 3 is 2.69 bits per heavy atom. The lowest BCUT2D eigenvalue weighted by Crippen LogP contribution is -2.33. The van der Waals surface area contributed by atoms with Crippen molar-refractivity contribution in [3.8, 4) is 0 Å². The van der Waals surface area contributed by atoms with Gasteiger partial charge in [-0.2, -0.15) is 0 Å². The zero-order valence-electron chi connectivity index (χ0n) is 8.71. The van der Waals surface area contributed by atoms with Gasteiger partial charge in [0.2, 0.25) is 0 Å². The standard InChI is InChI=1S/C12H11BrClNS/c1-12(15,11-10(14)5-6-16-11)8-3-2-4-9(13)7-8/h2-7H,15H2,1H3. The Labute approximate surface area is 112 Å². The van der Waals surface area contributed by atoms with Crippen molar-refractivity contribution in [3.05, 3.63) is 55.6 Å². The number of hydrogen-bond donors (Lipinski definition) is 1. The normalized spacial score (nSPS) is 14.8. The highest BCUT2D eigenvalue weighted by molar-refractivity contribution is 9.10. The number of thiophene rings is 1. The van der Waals surface area contributed by atoms with Crippen LogP contribution in [0.5, 0.6) is 0 Å². The van der Waals surface area contributed by atoms with E-state index >= 15 is 0 Å². The number of benzene rings is 1. The number of rotatable bonds is 2. The van der Waals surface area contributed by atoms with E-state index in [9.17, 15) is 0 Å². The molecule has 16 heavy (non-hydrogen) atoms. The Bertz CT molecular complexity index is 507. The summed E-state index contributed by atoms with van der Waals surface area (Å²) in [6, 6.07) is 9.88. The van der Waals surface area contributed by atoms with Crippen molar-refractivity contribution in [2.75, 3.05) is 0 Å². The Hall–Kier alpha value is -0.350. The average molecular weight is 317 g/mol. The van der Waals surface area contributed by atoms with Crippen molar-refractivity contribution >= 4 is 38.9 Å². The molecule has 0 saturated heterocycles. The van der Waals surface area contributed by atoms with Gasteiger partial charge in [0.05, 0.1) is 10.6 Å². The van der Waals surface area contributed by atoms with E-state index in [0.29, 0.717) is 0 Å². The molecule has 0 saturated carbocycles. The Kier molecular flexibility index (Phi) is 3.40. The molecule has 1 aromatic heterocycles. The molecule has 2 N–H and O–H groups in total. The number of hydrogen-bond acceptors (Lipinski definition) is 2. The fraction of sp³-hybridized carbons (Fsp3) is 0.167. The van der Waals surface area contributed by atoms with Crippen molar-refractivity contribution in [2.45, 2.75) is 12.5 Å². The van der Waals surface area contributed by atoms with Crippen molar-refractivity contribution in [1.29, 1.82) is 0 Å². The third-order valence-electron chi connectivity index (χ3n) is 2.51. The van der Waals surface area contributed by atoms with Crippen LogP contribution >= 0.6 is 38.9 Å². The molecule has 0 fully saturated rings. The minimum atomic E-state index is -0.547. The zero-order chi connectivity index (χ0) is 11.8. The van der Waals surface area contributed by atoms with Crippen LogP contribution in [0.25, 0.3) is 0 Å². The second kappa shape index (κ2) is 4.49. The second-order valence-corrected chi connectivity index (χ2v) is 6.05. The summed E-state index contributed by atoms with van der Waals surface area (Å²) in [5.74, 6) is 0. The third-order valence-corrected chi connectivity index (χ3v) is 4.59. The van der Waals surface area contributed by atoms with Gasteiger partial charge in [-0.05, 0) is 36.1 Å². The highest BCUT2D eigenvalue weighted by Gasteiger charge is 2.27. The number of halogens is 2. The van der Waals surface area contributed by atoms with Crippen molar-refractivity contribution in [3.63, 3.8) is 0 Å². The highest BCUT2D eigenvalue weighted by Crippen LogP contribution is 2.36. The summed E-state index contributed by atoms with van der Waals surface area (Å²) in [4.78, 5) is 0.993. The lowest BCUT2D eigenvalue weighted by molar-refractivity contribution is 0.616. The minimum absolute atomic E-state index is 0.547. The molecule has 0 aliphatic rings. The maximum atomic E-state index is 6.38. The molecule has 1 aromatic carbocycles. The first kappa shape index (κ1) is 12.1. The van der Waals surface area contributed by atoms with Crippen molar-refractivity contribution < 1.29 is 0 Å². The van der Waals surface area contributed by atoms with Crippen LogP contribution in [0, 0.1) is 0 Å². The van der Waals surface area contributed by atoms with Crippen molar-refractivity contribution in [1.82, 2.24) is 0 Å². The van der Waals surface area contributed by atoms with E-state index in [1.807, 2.05) is 42.6 Å². The fourth-order valence-electron chi connectivity index (χ4n) is 1.61. The van der Waals surface area contributed by atoms with Gasteiger partial charge in [0.25, 0.3) is 0 Å². The molecule has 1 unspecified atom stereocenters. The van der Waals surface area contributed by atoms with Crippen molar-refractivity contribution in [2.24, 2.45) is 5.73 Å².